The fraction of sp³-hybridized carbons (Fsp3) is 0.425. The van der Waals surface area contributed by atoms with E-state index in [1.54, 1.807) is 7.11 Å². The van der Waals surface area contributed by atoms with Gasteiger partial charge in [-0.2, -0.15) is 0 Å². The van der Waals surface area contributed by atoms with Crippen LogP contribution in [0.2, 0.25) is 0 Å². The van der Waals surface area contributed by atoms with Gasteiger partial charge in [-0.3, -0.25) is 9.59 Å². The highest BCUT2D eigenvalue weighted by atomic mass is 16.5. The number of pyridine rings is 1. The van der Waals surface area contributed by atoms with E-state index < -0.39 is 6.04 Å². The van der Waals surface area contributed by atoms with E-state index in [1.165, 1.54) is 5.56 Å². The van der Waals surface area contributed by atoms with E-state index in [2.05, 4.69) is 50.0 Å². The molecule has 6 nitrogen and oxygen atoms in total. The summed E-state index contributed by atoms with van der Waals surface area (Å²) < 4.78 is 5.35. The number of aryl methyl sites for hydroxylation is 1. The van der Waals surface area contributed by atoms with Gasteiger partial charge >= 0.3 is 0 Å². The van der Waals surface area contributed by atoms with Crippen LogP contribution in [0, 0.1) is 5.92 Å². The molecule has 3 aromatic carbocycles. The second-order valence-electron chi connectivity index (χ2n) is 12.4. The van der Waals surface area contributed by atoms with Gasteiger partial charge in [-0.15, -0.1) is 0 Å². The van der Waals surface area contributed by atoms with Crippen LogP contribution in [0.5, 0.6) is 5.75 Å². The zero-order chi connectivity index (χ0) is 32.9. The van der Waals surface area contributed by atoms with Crippen LogP contribution in [0.15, 0.2) is 78.9 Å². The number of amides is 1. The van der Waals surface area contributed by atoms with E-state index in [0.29, 0.717) is 24.1 Å². The van der Waals surface area contributed by atoms with Gasteiger partial charge in [0.15, 0.2) is 5.78 Å². The minimum Gasteiger partial charge on any atom is -0.497 e. The predicted octanol–water partition coefficient (Wildman–Crippen LogP) is 8.31. The zero-order valence-corrected chi connectivity index (χ0v) is 28.4. The summed E-state index contributed by atoms with van der Waals surface area (Å²) in [6, 6.07) is 25.1. The molecule has 1 heterocycles. The Morgan fingerprint density at radius 1 is 0.891 bits per heavy atom. The van der Waals surface area contributed by atoms with Crippen LogP contribution in [0.25, 0.3) is 22.2 Å². The van der Waals surface area contributed by atoms with E-state index in [-0.39, 0.29) is 17.6 Å². The van der Waals surface area contributed by atoms with Gasteiger partial charge in [0, 0.05) is 17.4 Å². The van der Waals surface area contributed by atoms with Gasteiger partial charge in [0.25, 0.3) is 5.91 Å². The van der Waals surface area contributed by atoms with E-state index in [1.807, 2.05) is 66.7 Å². The quantitative estimate of drug-likeness (QED) is 0.121. The van der Waals surface area contributed by atoms with Crippen molar-refractivity contribution in [2.24, 2.45) is 5.92 Å². The Hall–Kier alpha value is -4.03. The number of rotatable bonds is 18. The lowest BCUT2D eigenvalue weighted by Crippen LogP contribution is -2.43. The van der Waals surface area contributed by atoms with E-state index in [0.717, 1.165) is 79.5 Å². The van der Waals surface area contributed by atoms with Crippen LogP contribution in [0.4, 0.5) is 0 Å². The fourth-order valence-electron chi connectivity index (χ4n) is 6.03. The van der Waals surface area contributed by atoms with Crippen molar-refractivity contribution in [1.29, 1.82) is 0 Å². The topological polar surface area (TPSA) is 71.5 Å². The molecule has 1 amide bonds. The van der Waals surface area contributed by atoms with Gasteiger partial charge in [-0.25, -0.2) is 4.98 Å². The minimum atomic E-state index is -0.629. The molecule has 0 spiro atoms. The smallest absolute Gasteiger partial charge is 0.252 e. The first-order valence-corrected chi connectivity index (χ1v) is 17.0. The number of ether oxygens (including phenoxy) is 1. The Labute approximate surface area is 275 Å². The standard InChI is InChI=1S/C40H51N3O3/c1-6-9-15-31-18-23-36-34(26-31)35(28-37(41-36)32-19-21-33(46-5)22-20-32)40(45)42-38(27-30-16-11-10-12-17-30)39(44)25-29(4)14-13-24-43(7-2)8-3/h10-12,16-23,26,28-29,38H,6-9,13-15,24-25,27H2,1-5H3,(H,42,45). The molecule has 0 radical (unpaired) electrons. The van der Waals surface area contributed by atoms with Crippen LogP contribution >= 0.6 is 0 Å². The molecule has 244 valence electrons. The highest BCUT2D eigenvalue weighted by Gasteiger charge is 2.25. The molecule has 1 aromatic heterocycles. The molecule has 0 saturated heterocycles. The number of hydrogen-bond donors (Lipinski definition) is 1. The average molecular weight is 622 g/mol. The van der Waals surface area contributed by atoms with Crippen LogP contribution in [-0.4, -0.2) is 54.4 Å². The first kappa shape index (κ1) is 34.8. The van der Waals surface area contributed by atoms with E-state index in [4.69, 9.17) is 9.72 Å². The molecule has 0 aliphatic rings. The summed E-state index contributed by atoms with van der Waals surface area (Å²) in [5, 5.41) is 3.99. The molecule has 0 bridgehead atoms. The number of carbonyl (C=O) groups is 2. The molecular formula is C40H51N3O3. The monoisotopic (exact) mass is 621 g/mol. The molecule has 2 atom stereocenters. The second kappa shape index (κ2) is 17.6. The Balaban J connectivity index is 1.64. The normalized spacial score (nSPS) is 12.7. The zero-order valence-electron chi connectivity index (χ0n) is 28.4. The Bertz CT molecular complexity index is 1550. The van der Waals surface area contributed by atoms with Crippen LogP contribution < -0.4 is 10.1 Å². The fourth-order valence-corrected chi connectivity index (χ4v) is 6.03. The number of fused-ring (bicyclic) bond motifs is 1. The number of ketones is 1. The van der Waals surface area contributed by atoms with Crippen molar-refractivity contribution in [2.75, 3.05) is 26.7 Å². The van der Waals surface area contributed by atoms with Gasteiger partial charge in [0.05, 0.1) is 29.9 Å². The number of methoxy groups -OCH3 is 1. The van der Waals surface area contributed by atoms with E-state index >= 15 is 0 Å². The van der Waals surface area contributed by atoms with Crippen molar-refractivity contribution in [2.45, 2.75) is 78.7 Å². The molecule has 1 N–H and O–H groups in total. The van der Waals surface area contributed by atoms with Crippen LogP contribution in [-0.2, 0) is 17.6 Å². The summed E-state index contributed by atoms with van der Waals surface area (Å²) in [4.78, 5) is 35.5. The van der Waals surface area contributed by atoms with Crippen molar-refractivity contribution in [3.05, 3.63) is 95.6 Å². The molecule has 2 unspecified atom stereocenters. The van der Waals surface area contributed by atoms with Crippen molar-refractivity contribution < 1.29 is 14.3 Å². The molecule has 0 saturated carbocycles. The Morgan fingerprint density at radius 2 is 1.63 bits per heavy atom. The third-order valence-corrected chi connectivity index (χ3v) is 8.91. The highest BCUT2D eigenvalue weighted by molar-refractivity contribution is 6.08. The lowest BCUT2D eigenvalue weighted by atomic mass is 9.92. The first-order chi connectivity index (χ1) is 22.3. The number of unbranched alkanes of at least 4 members (excludes halogenated alkanes) is 1. The maximum Gasteiger partial charge on any atom is 0.252 e. The summed E-state index contributed by atoms with van der Waals surface area (Å²) in [5.74, 6) is 0.818. The third kappa shape index (κ3) is 9.73. The SMILES string of the molecule is CCCCc1ccc2nc(-c3ccc(OC)cc3)cc(C(=O)NC(Cc3ccccc3)C(=O)CC(C)CCCN(CC)CC)c2c1. The molecule has 6 heteroatoms. The number of carbonyl (C=O) groups excluding carboxylic acids is 2. The number of Topliss-reactive ketones (excluding diaryl/α,β-unsaturated/α-hetero) is 1. The largest absolute Gasteiger partial charge is 0.497 e. The van der Waals surface area contributed by atoms with Gasteiger partial charge in [0.2, 0.25) is 0 Å². The maximum atomic E-state index is 14.3. The molecule has 0 aliphatic heterocycles. The van der Waals surface area contributed by atoms with Crippen molar-refractivity contribution in [3.63, 3.8) is 0 Å². The summed E-state index contributed by atoms with van der Waals surface area (Å²) in [5.41, 5.74) is 5.09. The second-order valence-corrected chi connectivity index (χ2v) is 12.4. The molecule has 4 aromatic rings. The molecule has 4 rings (SSSR count). The summed E-state index contributed by atoms with van der Waals surface area (Å²) in [6.45, 7) is 11.8. The number of aromatic nitrogens is 1. The lowest BCUT2D eigenvalue weighted by molar-refractivity contribution is -0.121. The molecular weight excluding hydrogens is 570 g/mol. The number of hydrogen-bond acceptors (Lipinski definition) is 5. The summed E-state index contributed by atoms with van der Waals surface area (Å²) in [7, 11) is 1.64. The molecule has 0 aliphatic carbocycles. The third-order valence-electron chi connectivity index (χ3n) is 8.91. The van der Waals surface area contributed by atoms with Gasteiger partial charge in [0.1, 0.15) is 5.75 Å². The van der Waals surface area contributed by atoms with Crippen molar-refractivity contribution in [1.82, 2.24) is 15.2 Å². The maximum absolute atomic E-state index is 14.3. The number of benzene rings is 3. The summed E-state index contributed by atoms with van der Waals surface area (Å²) >= 11 is 0. The minimum absolute atomic E-state index is 0.0740. The van der Waals surface area contributed by atoms with Crippen LogP contribution in [0.1, 0.15) is 81.3 Å². The molecule has 0 fully saturated rings. The van der Waals surface area contributed by atoms with E-state index in [9.17, 15) is 9.59 Å². The molecule has 46 heavy (non-hydrogen) atoms. The first-order valence-electron chi connectivity index (χ1n) is 17.0. The predicted molar refractivity (Wildman–Crippen MR) is 190 cm³/mol. The Morgan fingerprint density at radius 3 is 2.30 bits per heavy atom. The lowest BCUT2D eigenvalue weighted by Gasteiger charge is -2.22. The number of nitrogens with one attached hydrogen (secondary N) is 1. The average Bonchev–Trinajstić information content (AvgIpc) is 3.08. The van der Waals surface area contributed by atoms with Gasteiger partial charge in [-0.1, -0.05) is 70.5 Å². The van der Waals surface area contributed by atoms with Gasteiger partial charge < -0.3 is 15.0 Å². The highest BCUT2D eigenvalue weighted by Crippen LogP contribution is 2.28. The Kier molecular flexibility index (Phi) is 13.3. The van der Waals surface area contributed by atoms with Crippen LogP contribution in [0.3, 0.4) is 0 Å². The number of nitrogens with zero attached hydrogens (tertiary/aromatic N) is 2. The van der Waals surface area contributed by atoms with Crippen molar-refractivity contribution >= 4 is 22.6 Å². The van der Waals surface area contributed by atoms with Crippen molar-refractivity contribution in [3.8, 4) is 17.0 Å². The van der Waals surface area contributed by atoms with Gasteiger partial charge in [-0.05, 0) is 111 Å². The summed E-state index contributed by atoms with van der Waals surface area (Å²) in [6.07, 6.45) is 6.04.